The van der Waals surface area contributed by atoms with Crippen LogP contribution in [0.5, 0.6) is 0 Å². The number of carbonyl (C=O) groups excluding carboxylic acids is 1. The number of rotatable bonds is 9. The van der Waals surface area contributed by atoms with Gasteiger partial charge in [-0.15, -0.1) is 0 Å². The van der Waals surface area contributed by atoms with Gasteiger partial charge in [0.15, 0.2) is 0 Å². The van der Waals surface area contributed by atoms with Gasteiger partial charge in [0, 0.05) is 40.4 Å². The monoisotopic (exact) mass is 250 g/mol. The summed E-state index contributed by atoms with van der Waals surface area (Å²) in [5.74, 6) is -0.450. The molecule has 0 aromatic carbocycles. The molecule has 0 spiro atoms. The molecule has 0 aromatic heterocycles. The van der Waals surface area contributed by atoms with Crippen LogP contribution in [0, 0.1) is 0 Å². The minimum absolute atomic E-state index is 0.256. The van der Waals surface area contributed by atoms with E-state index in [1.54, 1.807) is 0 Å². The van der Waals surface area contributed by atoms with Crippen LogP contribution in [-0.2, 0) is 27.2 Å². The molecule has 0 aliphatic heterocycles. The third-order valence-electron chi connectivity index (χ3n) is 1.73. The summed E-state index contributed by atoms with van der Waals surface area (Å²) in [7, 11) is 1.40. The van der Waals surface area contributed by atoms with Gasteiger partial charge in [-0.05, 0) is 0 Å². The highest BCUT2D eigenvalue weighted by atomic mass is 28.4. The van der Waals surface area contributed by atoms with Crippen molar-refractivity contribution in [1.82, 2.24) is 0 Å². The fraction of sp³-hybridized carbons (Fsp3) is 0.667. The predicted molar refractivity (Wildman–Crippen MR) is 58.5 cm³/mol. The van der Waals surface area contributed by atoms with Gasteiger partial charge in [-0.2, -0.15) is 0 Å². The standard InChI is InChI=1S/C9H18O6Si/c1-5-9(10)14-7-6-8-15-16(11-2,12-3)13-4/h5H,1,6-8H2,2-4H3. The molecule has 7 heteroatoms. The van der Waals surface area contributed by atoms with Gasteiger partial charge in [-0.1, -0.05) is 6.58 Å². The van der Waals surface area contributed by atoms with Gasteiger partial charge < -0.3 is 22.4 Å². The molecule has 0 saturated heterocycles. The van der Waals surface area contributed by atoms with Gasteiger partial charge in [0.25, 0.3) is 0 Å². The normalized spacial score (nSPS) is 11.2. The summed E-state index contributed by atoms with van der Waals surface area (Å²) < 4.78 is 25.2. The first-order chi connectivity index (χ1) is 7.64. The highest BCUT2D eigenvalue weighted by Crippen LogP contribution is 2.08. The Morgan fingerprint density at radius 2 is 1.75 bits per heavy atom. The van der Waals surface area contributed by atoms with Crippen molar-refractivity contribution < 1.29 is 27.2 Å². The van der Waals surface area contributed by atoms with E-state index < -0.39 is 15.0 Å². The molecular weight excluding hydrogens is 232 g/mol. The molecule has 0 radical (unpaired) electrons. The van der Waals surface area contributed by atoms with Crippen LogP contribution in [0.1, 0.15) is 6.42 Å². The summed E-state index contributed by atoms with van der Waals surface area (Å²) in [4.78, 5) is 10.7. The molecule has 6 nitrogen and oxygen atoms in total. The Kier molecular flexibility index (Phi) is 8.04. The molecule has 0 saturated carbocycles. The SMILES string of the molecule is C=CC(=O)OCCCO[Si](OC)(OC)OC. The number of esters is 1. The van der Waals surface area contributed by atoms with E-state index in [-0.39, 0.29) is 6.61 Å². The second-order valence-electron chi connectivity index (χ2n) is 2.69. The smallest absolute Gasteiger partial charge is 0.462 e. The maximum Gasteiger partial charge on any atom is 0.678 e. The molecule has 0 amide bonds. The van der Waals surface area contributed by atoms with E-state index in [2.05, 4.69) is 6.58 Å². The second-order valence-corrected chi connectivity index (χ2v) is 5.20. The van der Waals surface area contributed by atoms with Gasteiger partial charge in [-0.25, -0.2) is 4.79 Å². The molecule has 0 aliphatic carbocycles. The van der Waals surface area contributed by atoms with Crippen molar-refractivity contribution in [2.24, 2.45) is 0 Å². The first-order valence-corrected chi connectivity index (χ1v) is 6.36. The predicted octanol–water partition coefficient (Wildman–Crippen LogP) is 0.497. The first-order valence-electron chi connectivity index (χ1n) is 4.72. The minimum Gasteiger partial charge on any atom is -0.462 e. The topological polar surface area (TPSA) is 63.2 Å². The van der Waals surface area contributed by atoms with E-state index >= 15 is 0 Å². The fourth-order valence-electron chi connectivity index (χ4n) is 0.915. The van der Waals surface area contributed by atoms with Crippen molar-refractivity contribution in [1.29, 1.82) is 0 Å². The fourth-order valence-corrected chi connectivity index (χ4v) is 2.16. The van der Waals surface area contributed by atoms with E-state index in [1.807, 2.05) is 0 Å². The average Bonchev–Trinajstić information content (AvgIpc) is 2.34. The molecule has 16 heavy (non-hydrogen) atoms. The van der Waals surface area contributed by atoms with Crippen LogP contribution in [0.2, 0.25) is 0 Å². The van der Waals surface area contributed by atoms with Crippen LogP contribution in [0.25, 0.3) is 0 Å². The Labute approximate surface area is 96.6 Å². The minimum atomic E-state index is -2.96. The lowest BCUT2D eigenvalue weighted by molar-refractivity contribution is -0.138. The Morgan fingerprint density at radius 3 is 2.19 bits per heavy atom. The lowest BCUT2D eigenvalue weighted by Gasteiger charge is -2.22. The van der Waals surface area contributed by atoms with Crippen molar-refractivity contribution in [3.63, 3.8) is 0 Å². The van der Waals surface area contributed by atoms with Crippen molar-refractivity contribution in [3.05, 3.63) is 12.7 Å². The van der Waals surface area contributed by atoms with Gasteiger partial charge in [0.2, 0.25) is 0 Å². The highest BCUT2D eigenvalue weighted by molar-refractivity contribution is 6.53. The van der Waals surface area contributed by atoms with Crippen LogP contribution < -0.4 is 0 Å². The summed E-state index contributed by atoms with van der Waals surface area (Å²) in [6, 6.07) is 0. The highest BCUT2D eigenvalue weighted by Gasteiger charge is 2.41. The number of hydrogen-bond acceptors (Lipinski definition) is 6. The van der Waals surface area contributed by atoms with Gasteiger partial charge in [0.05, 0.1) is 6.61 Å². The number of carbonyl (C=O) groups is 1. The third-order valence-corrected chi connectivity index (χ3v) is 3.79. The lowest BCUT2D eigenvalue weighted by Crippen LogP contribution is -2.46. The molecular formula is C9H18O6Si. The van der Waals surface area contributed by atoms with E-state index in [1.165, 1.54) is 21.3 Å². The van der Waals surface area contributed by atoms with Crippen molar-refractivity contribution >= 4 is 15.0 Å². The number of hydrogen-bond donors (Lipinski definition) is 0. The van der Waals surface area contributed by atoms with Crippen LogP contribution in [-0.4, -0.2) is 49.6 Å². The molecule has 0 heterocycles. The van der Waals surface area contributed by atoms with E-state index in [0.717, 1.165) is 6.08 Å². The van der Waals surface area contributed by atoms with Crippen LogP contribution in [0.15, 0.2) is 12.7 Å². The van der Waals surface area contributed by atoms with Gasteiger partial charge in [0.1, 0.15) is 0 Å². The van der Waals surface area contributed by atoms with Crippen LogP contribution in [0.4, 0.5) is 0 Å². The summed E-state index contributed by atoms with van der Waals surface area (Å²) in [6.07, 6.45) is 1.64. The van der Waals surface area contributed by atoms with Gasteiger partial charge in [-0.3, -0.25) is 0 Å². The van der Waals surface area contributed by atoms with Crippen LogP contribution in [0.3, 0.4) is 0 Å². The van der Waals surface area contributed by atoms with E-state index in [9.17, 15) is 4.79 Å². The van der Waals surface area contributed by atoms with E-state index in [0.29, 0.717) is 13.0 Å². The molecule has 0 rings (SSSR count). The Morgan fingerprint density at radius 1 is 1.19 bits per heavy atom. The van der Waals surface area contributed by atoms with Crippen LogP contribution >= 0.6 is 0 Å². The average molecular weight is 250 g/mol. The summed E-state index contributed by atoms with van der Waals surface area (Å²) in [5.41, 5.74) is 0. The Bertz CT molecular complexity index is 208. The largest absolute Gasteiger partial charge is 0.678 e. The molecule has 0 atom stereocenters. The maximum atomic E-state index is 10.7. The van der Waals surface area contributed by atoms with Crippen molar-refractivity contribution in [2.45, 2.75) is 6.42 Å². The Hall–Kier alpha value is -0.733. The molecule has 0 aromatic rings. The zero-order chi connectivity index (χ0) is 12.4. The molecule has 94 valence electrons. The maximum absolute atomic E-state index is 10.7. The van der Waals surface area contributed by atoms with E-state index in [4.69, 9.17) is 22.4 Å². The first kappa shape index (κ1) is 15.3. The molecule has 0 fully saturated rings. The summed E-state index contributed by atoms with van der Waals surface area (Å²) >= 11 is 0. The molecule has 0 unspecified atom stereocenters. The summed E-state index contributed by atoms with van der Waals surface area (Å²) in [5, 5.41) is 0. The lowest BCUT2D eigenvalue weighted by atomic mass is 10.5. The van der Waals surface area contributed by atoms with Gasteiger partial charge >= 0.3 is 15.0 Å². The third kappa shape index (κ3) is 5.38. The molecule has 0 aliphatic rings. The number of ether oxygens (including phenoxy) is 1. The second kappa shape index (κ2) is 8.42. The zero-order valence-electron chi connectivity index (χ0n) is 9.86. The molecule has 0 N–H and O–H groups in total. The quantitative estimate of drug-likeness (QED) is 0.257. The Balaban J connectivity index is 3.71. The van der Waals surface area contributed by atoms with Crippen molar-refractivity contribution in [2.75, 3.05) is 34.5 Å². The van der Waals surface area contributed by atoms with Crippen molar-refractivity contribution in [3.8, 4) is 0 Å². The molecule has 0 bridgehead atoms. The zero-order valence-corrected chi connectivity index (χ0v) is 10.9. The summed E-state index contributed by atoms with van der Waals surface area (Å²) in [6.45, 7) is 3.86.